The number of amides is 1. The molecule has 0 aliphatic heterocycles. The molecule has 0 aliphatic carbocycles. The van der Waals surface area contributed by atoms with Gasteiger partial charge in [-0.1, -0.05) is 11.6 Å². The Morgan fingerprint density at radius 1 is 1.33 bits per heavy atom. The van der Waals surface area contributed by atoms with Crippen molar-refractivity contribution in [3.63, 3.8) is 0 Å². The van der Waals surface area contributed by atoms with E-state index in [1.165, 1.54) is 25.3 Å². The van der Waals surface area contributed by atoms with Crippen LogP contribution in [0, 0.1) is 0 Å². The number of ether oxygens (including phenoxy) is 1. The van der Waals surface area contributed by atoms with Crippen LogP contribution in [0.4, 0.5) is 5.69 Å². The third kappa shape index (κ3) is 6.14. The zero-order chi connectivity index (χ0) is 16.0. The van der Waals surface area contributed by atoms with E-state index in [4.69, 9.17) is 11.6 Å². The second-order valence-electron chi connectivity index (χ2n) is 4.47. The number of sulfone groups is 1. The highest BCUT2D eigenvalue weighted by molar-refractivity contribution is 7.90. The zero-order valence-electron chi connectivity index (χ0n) is 11.7. The highest BCUT2D eigenvalue weighted by Crippen LogP contribution is 2.23. The first-order chi connectivity index (χ1) is 9.73. The molecule has 0 aromatic heterocycles. The predicted molar refractivity (Wildman–Crippen MR) is 80.4 cm³/mol. The molecule has 0 heterocycles. The number of carbonyl (C=O) groups is 2. The minimum Gasteiger partial charge on any atom is -0.465 e. The maximum Gasteiger partial charge on any atom is 0.337 e. The van der Waals surface area contributed by atoms with Gasteiger partial charge in [-0.15, -0.1) is 0 Å². The van der Waals surface area contributed by atoms with Crippen LogP contribution in [0.15, 0.2) is 18.2 Å². The summed E-state index contributed by atoms with van der Waals surface area (Å²) in [6, 6.07) is 4.36. The van der Waals surface area contributed by atoms with Gasteiger partial charge in [-0.25, -0.2) is 13.2 Å². The van der Waals surface area contributed by atoms with Crippen molar-refractivity contribution < 1.29 is 22.7 Å². The summed E-state index contributed by atoms with van der Waals surface area (Å²) in [6.45, 7) is 0. The van der Waals surface area contributed by atoms with Gasteiger partial charge in [0.15, 0.2) is 0 Å². The fourth-order valence-corrected chi connectivity index (χ4v) is 2.41. The van der Waals surface area contributed by atoms with E-state index in [2.05, 4.69) is 10.1 Å². The number of esters is 1. The quantitative estimate of drug-likeness (QED) is 0.803. The molecule has 1 aromatic carbocycles. The number of hydrogen-bond acceptors (Lipinski definition) is 5. The first-order valence-corrected chi connectivity index (χ1v) is 8.52. The van der Waals surface area contributed by atoms with Crippen molar-refractivity contribution in [2.24, 2.45) is 0 Å². The van der Waals surface area contributed by atoms with Gasteiger partial charge in [-0.05, 0) is 24.6 Å². The van der Waals surface area contributed by atoms with E-state index >= 15 is 0 Å². The second kappa shape index (κ2) is 7.42. The van der Waals surface area contributed by atoms with Gasteiger partial charge in [0.1, 0.15) is 9.84 Å². The Hall–Kier alpha value is -1.60. The summed E-state index contributed by atoms with van der Waals surface area (Å²) in [5.74, 6) is -0.974. The Morgan fingerprint density at radius 3 is 2.57 bits per heavy atom. The lowest BCUT2D eigenvalue weighted by Crippen LogP contribution is -2.14. The smallest absolute Gasteiger partial charge is 0.337 e. The van der Waals surface area contributed by atoms with Crippen LogP contribution in [0.3, 0.4) is 0 Å². The van der Waals surface area contributed by atoms with Crippen LogP contribution in [-0.4, -0.2) is 39.4 Å². The summed E-state index contributed by atoms with van der Waals surface area (Å²) in [4.78, 5) is 23.1. The van der Waals surface area contributed by atoms with E-state index < -0.39 is 15.8 Å². The third-order valence-corrected chi connectivity index (χ3v) is 3.94. The molecule has 0 saturated heterocycles. The van der Waals surface area contributed by atoms with Crippen molar-refractivity contribution in [1.29, 1.82) is 0 Å². The SMILES string of the molecule is COC(=O)c1ccc(Cl)c(NC(=O)CCCS(C)(=O)=O)c1. The Bertz CT molecular complexity index is 642. The molecule has 116 valence electrons. The lowest BCUT2D eigenvalue weighted by Gasteiger charge is -2.08. The van der Waals surface area contributed by atoms with E-state index in [1.54, 1.807) is 0 Å². The van der Waals surface area contributed by atoms with Crippen molar-refractivity contribution in [3.05, 3.63) is 28.8 Å². The number of carbonyl (C=O) groups excluding carboxylic acids is 2. The molecular weight excluding hydrogens is 318 g/mol. The number of anilines is 1. The highest BCUT2D eigenvalue weighted by atomic mass is 35.5. The third-order valence-electron chi connectivity index (χ3n) is 2.58. The molecule has 0 bridgehead atoms. The summed E-state index contributed by atoms with van der Waals surface area (Å²) >= 11 is 5.93. The Morgan fingerprint density at radius 2 is 2.00 bits per heavy atom. The molecule has 1 amide bonds. The largest absolute Gasteiger partial charge is 0.465 e. The molecule has 6 nitrogen and oxygen atoms in total. The van der Waals surface area contributed by atoms with Crippen LogP contribution < -0.4 is 5.32 Å². The second-order valence-corrected chi connectivity index (χ2v) is 7.13. The lowest BCUT2D eigenvalue weighted by molar-refractivity contribution is -0.116. The highest BCUT2D eigenvalue weighted by Gasteiger charge is 2.12. The molecule has 1 aromatic rings. The van der Waals surface area contributed by atoms with E-state index in [-0.39, 0.29) is 40.8 Å². The topological polar surface area (TPSA) is 89.5 Å². The maximum atomic E-state index is 11.7. The average molecular weight is 334 g/mol. The van der Waals surface area contributed by atoms with Gasteiger partial charge in [0.25, 0.3) is 0 Å². The average Bonchev–Trinajstić information content (AvgIpc) is 2.39. The molecular formula is C13H16ClNO5S. The van der Waals surface area contributed by atoms with Gasteiger partial charge >= 0.3 is 5.97 Å². The molecule has 21 heavy (non-hydrogen) atoms. The van der Waals surface area contributed by atoms with Gasteiger partial charge in [0, 0.05) is 12.7 Å². The van der Waals surface area contributed by atoms with Gasteiger partial charge in [-0.3, -0.25) is 4.79 Å². The minimum absolute atomic E-state index is 0.0475. The fraction of sp³-hybridized carbons (Fsp3) is 0.385. The first-order valence-electron chi connectivity index (χ1n) is 6.08. The monoisotopic (exact) mass is 333 g/mol. The van der Waals surface area contributed by atoms with E-state index in [9.17, 15) is 18.0 Å². The molecule has 0 saturated carbocycles. The van der Waals surface area contributed by atoms with Crippen molar-refractivity contribution in [1.82, 2.24) is 0 Å². The molecule has 0 atom stereocenters. The number of methoxy groups -OCH3 is 1. The number of nitrogens with one attached hydrogen (secondary N) is 1. The number of hydrogen-bond donors (Lipinski definition) is 1. The van der Waals surface area contributed by atoms with E-state index in [1.807, 2.05) is 0 Å². The molecule has 1 N–H and O–H groups in total. The predicted octanol–water partition coefficient (Wildman–Crippen LogP) is 1.89. The van der Waals surface area contributed by atoms with Crippen molar-refractivity contribution >= 4 is 39.0 Å². The fourth-order valence-electron chi connectivity index (χ4n) is 1.57. The van der Waals surface area contributed by atoms with Crippen LogP contribution in [-0.2, 0) is 19.4 Å². The molecule has 0 unspecified atom stereocenters. The van der Waals surface area contributed by atoms with Crippen molar-refractivity contribution in [2.75, 3.05) is 24.4 Å². The Balaban J connectivity index is 2.69. The molecule has 8 heteroatoms. The Labute approximate surface area is 128 Å². The first kappa shape index (κ1) is 17.5. The summed E-state index contributed by atoms with van der Waals surface area (Å²) in [5.41, 5.74) is 0.539. The van der Waals surface area contributed by atoms with Crippen LogP contribution in [0.2, 0.25) is 5.02 Å². The summed E-state index contributed by atoms with van der Waals surface area (Å²) in [5, 5.41) is 2.82. The van der Waals surface area contributed by atoms with Crippen LogP contribution in [0.25, 0.3) is 0 Å². The van der Waals surface area contributed by atoms with Gasteiger partial charge in [0.05, 0.1) is 29.1 Å². The lowest BCUT2D eigenvalue weighted by atomic mass is 10.2. The maximum absolute atomic E-state index is 11.7. The number of benzene rings is 1. The summed E-state index contributed by atoms with van der Waals surface area (Å²) < 4.78 is 26.5. The Kier molecular flexibility index (Phi) is 6.17. The number of halogens is 1. The summed E-state index contributed by atoms with van der Waals surface area (Å²) in [7, 11) is -1.84. The van der Waals surface area contributed by atoms with Crippen molar-refractivity contribution in [2.45, 2.75) is 12.8 Å². The normalized spacial score (nSPS) is 11.0. The van der Waals surface area contributed by atoms with Crippen molar-refractivity contribution in [3.8, 4) is 0 Å². The van der Waals surface area contributed by atoms with Crippen LogP contribution in [0.1, 0.15) is 23.2 Å². The standard InChI is InChI=1S/C13H16ClNO5S/c1-20-13(17)9-5-6-10(14)11(8-9)15-12(16)4-3-7-21(2,18)19/h5-6,8H,3-4,7H2,1-2H3,(H,15,16). The minimum atomic E-state index is -3.09. The molecule has 1 rings (SSSR count). The van der Waals surface area contributed by atoms with Gasteiger partial charge < -0.3 is 10.1 Å². The van der Waals surface area contributed by atoms with E-state index in [0.717, 1.165) is 6.26 Å². The van der Waals surface area contributed by atoms with Gasteiger partial charge in [-0.2, -0.15) is 0 Å². The zero-order valence-corrected chi connectivity index (χ0v) is 13.3. The van der Waals surface area contributed by atoms with E-state index in [0.29, 0.717) is 0 Å². The van der Waals surface area contributed by atoms with Crippen LogP contribution in [0.5, 0.6) is 0 Å². The molecule has 0 aliphatic rings. The van der Waals surface area contributed by atoms with Crippen LogP contribution >= 0.6 is 11.6 Å². The molecule has 0 fully saturated rings. The molecule has 0 radical (unpaired) electrons. The van der Waals surface area contributed by atoms with Gasteiger partial charge in [0.2, 0.25) is 5.91 Å². The summed E-state index contributed by atoms with van der Waals surface area (Å²) in [6.07, 6.45) is 1.38. The molecule has 0 spiro atoms. The number of rotatable bonds is 6.